The van der Waals surface area contributed by atoms with Gasteiger partial charge in [-0.3, -0.25) is 4.57 Å². The van der Waals surface area contributed by atoms with Crippen molar-refractivity contribution in [1.82, 2.24) is 14.9 Å². The lowest BCUT2D eigenvalue weighted by atomic mass is 10.2. The van der Waals surface area contributed by atoms with Crippen LogP contribution in [0.1, 0.15) is 31.4 Å². The van der Waals surface area contributed by atoms with Gasteiger partial charge in [0.2, 0.25) is 0 Å². The maximum absolute atomic E-state index is 12.1. The molecule has 0 atom stereocenters. The first-order valence-electron chi connectivity index (χ1n) is 7.59. The Labute approximate surface area is 128 Å². The van der Waals surface area contributed by atoms with E-state index in [2.05, 4.69) is 15.6 Å². The van der Waals surface area contributed by atoms with Crippen LogP contribution in [0, 0.1) is 6.92 Å². The lowest BCUT2D eigenvalue weighted by Gasteiger charge is -2.15. The van der Waals surface area contributed by atoms with Gasteiger partial charge in [-0.2, -0.15) is 0 Å². The lowest BCUT2D eigenvalue weighted by Crippen LogP contribution is -2.36. The Balaban J connectivity index is 1.82. The van der Waals surface area contributed by atoms with E-state index in [9.17, 15) is 9.59 Å². The number of nitrogens with zero attached hydrogens (tertiary/aromatic N) is 1. The van der Waals surface area contributed by atoms with Crippen LogP contribution < -0.4 is 16.3 Å². The molecule has 1 fully saturated rings. The van der Waals surface area contributed by atoms with Crippen molar-refractivity contribution in [2.45, 2.75) is 38.6 Å². The normalized spacial score (nSPS) is 15.0. The summed E-state index contributed by atoms with van der Waals surface area (Å²) in [7, 11) is 0. The monoisotopic (exact) mass is 300 g/mol. The fourth-order valence-electron chi connectivity index (χ4n) is 2.94. The van der Waals surface area contributed by atoms with Crippen molar-refractivity contribution < 1.29 is 4.79 Å². The van der Waals surface area contributed by atoms with Gasteiger partial charge in [-0.25, -0.2) is 9.59 Å². The summed E-state index contributed by atoms with van der Waals surface area (Å²) < 4.78 is 1.55. The number of amides is 2. The summed E-state index contributed by atoms with van der Waals surface area (Å²) in [6.07, 6.45) is 6.05. The predicted molar refractivity (Wildman–Crippen MR) is 85.5 cm³/mol. The van der Waals surface area contributed by atoms with Crippen molar-refractivity contribution in [3.63, 3.8) is 0 Å². The molecule has 1 saturated carbocycles. The third-order valence-corrected chi connectivity index (χ3v) is 4.04. The number of aryl methyl sites for hydroxylation is 1. The van der Waals surface area contributed by atoms with Gasteiger partial charge >= 0.3 is 11.7 Å². The van der Waals surface area contributed by atoms with Gasteiger partial charge < -0.3 is 15.6 Å². The number of H-pyrrole nitrogens is 1. The molecule has 6 nitrogen and oxygen atoms in total. The fourth-order valence-corrected chi connectivity index (χ4v) is 2.94. The molecule has 6 heteroatoms. The van der Waals surface area contributed by atoms with Crippen LogP contribution >= 0.6 is 0 Å². The van der Waals surface area contributed by atoms with E-state index in [4.69, 9.17) is 0 Å². The molecule has 3 rings (SSSR count). The molecule has 0 saturated heterocycles. The number of urea groups is 1. The summed E-state index contributed by atoms with van der Waals surface area (Å²) in [4.78, 5) is 26.7. The van der Waals surface area contributed by atoms with Crippen molar-refractivity contribution in [2.75, 3.05) is 5.32 Å². The molecule has 1 aromatic heterocycles. The van der Waals surface area contributed by atoms with E-state index in [1.807, 2.05) is 25.1 Å². The highest BCUT2D eigenvalue weighted by molar-refractivity contribution is 5.91. The molecule has 116 valence electrons. The van der Waals surface area contributed by atoms with Gasteiger partial charge in [0.1, 0.15) is 0 Å². The van der Waals surface area contributed by atoms with Gasteiger partial charge in [0, 0.05) is 17.9 Å². The summed E-state index contributed by atoms with van der Waals surface area (Å²) in [5, 5.41) is 5.84. The Kier molecular flexibility index (Phi) is 4.00. The molecule has 0 spiro atoms. The zero-order valence-electron chi connectivity index (χ0n) is 12.6. The number of rotatable bonds is 3. The minimum absolute atomic E-state index is 0.219. The van der Waals surface area contributed by atoms with Gasteiger partial charge in [0.05, 0.1) is 11.4 Å². The first-order chi connectivity index (χ1) is 10.6. The van der Waals surface area contributed by atoms with Crippen molar-refractivity contribution in [3.05, 3.63) is 46.6 Å². The minimum atomic E-state index is -0.222. The summed E-state index contributed by atoms with van der Waals surface area (Å²) in [6, 6.07) is 7.32. The number of carbonyl (C=O) groups excluding carboxylic acids is 1. The second-order valence-electron chi connectivity index (χ2n) is 5.67. The van der Waals surface area contributed by atoms with E-state index in [1.54, 1.807) is 16.8 Å². The van der Waals surface area contributed by atoms with Crippen molar-refractivity contribution in [3.8, 4) is 5.69 Å². The summed E-state index contributed by atoms with van der Waals surface area (Å²) in [5.74, 6) is 0. The van der Waals surface area contributed by atoms with E-state index in [0.717, 1.165) is 18.5 Å². The first kappa shape index (κ1) is 14.4. The lowest BCUT2D eigenvalue weighted by molar-refractivity contribution is 0.248. The van der Waals surface area contributed by atoms with E-state index < -0.39 is 0 Å². The highest BCUT2D eigenvalue weighted by Gasteiger charge is 2.18. The maximum Gasteiger partial charge on any atom is 0.330 e. The molecule has 2 amide bonds. The molecule has 0 radical (unpaired) electrons. The highest BCUT2D eigenvalue weighted by Crippen LogP contribution is 2.21. The van der Waals surface area contributed by atoms with Crippen LogP contribution in [0.5, 0.6) is 0 Å². The van der Waals surface area contributed by atoms with Crippen LogP contribution in [0.15, 0.2) is 35.3 Å². The number of aromatic nitrogens is 2. The highest BCUT2D eigenvalue weighted by atomic mass is 16.2. The smallest absolute Gasteiger partial charge is 0.330 e. The number of para-hydroxylation sites is 2. The molecule has 1 aromatic carbocycles. The predicted octanol–water partition coefficient (Wildman–Crippen LogP) is 2.54. The Hall–Kier alpha value is -2.50. The second-order valence-corrected chi connectivity index (χ2v) is 5.67. The van der Waals surface area contributed by atoms with Crippen LogP contribution in [0.25, 0.3) is 5.69 Å². The Morgan fingerprint density at radius 1 is 1.27 bits per heavy atom. The molecule has 0 unspecified atom stereocenters. The minimum Gasteiger partial charge on any atom is -0.335 e. The van der Waals surface area contributed by atoms with Gasteiger partial charge in [0.25, 0.3) is 0 Å². The summed E-state index contributed by atoms with van der Waals surface area (Å²) in [5.41, 5.74) is 1.84. The fraction of sp³-hybridized carbons (Fsp3) is 0.375. The average molecular weight is 300 g/mol. The number of imidazole rings is 1. The van der Waals surface area contributed by atoms with Crippen LogP contribution in [0.2, 0.25) is 0 Å². The third-order valence-electron chi connectivity index (χ3n) is 4.04. The molecule has 0 aliphatic heterocycles. The van der Waals surface area contributed by atoms with Gasteiger partial charge in [-0.15, -0.1) is 0 Å². The molecule has 22 heavy (non-hydrogen) atoms. The Morgan fingerprint density at radius 2 is 2.00 bits per heavy atom. The Bertz CT molecular complexity index is 726. The van der Waals surface area contributed by atoms with E-state index in [0.29, 0.717) is 11.4 Å². The standard InChI is InChI=1S/C16H20N4O2/c1-11-10-17-16(22)20(11)14-9-5-4-8-13(14)19-15(21)18-12-6-2-3-7-12/h4-5,8-10,12H,2-3,6-7H2,1H3,(H,17,22)(H2,18,19,21). The third kappa shape index (κ3) is 2.90. The summed E-state index contributed by atoms with van der Waals surface area (Å²) in [6.45, 7) is 1.84. The van der Waals surface area contributed by atoms with Crippen LogP contribution in [0.3, 0.4) is 0 Å². The number of hydrogen-bond donors (Lipinski definition) is 3. The quantitative estimate of drug-likeness (QED) is 0.814. The average Bonchev–Trinajstić information content (AvgIpc) is 3.10. The van der Waals surface area contributed by atoms with Gasteiger partial charge in [-0.1, -0.05) is 25.0 Å². The van der Waals surface area contributed by atoms with E-state index in [-0.39, 0.29) is 17.8 Å². The van der Waals surface area contributed by atoms with Crippen molar-refractivity contribution in [2.24, 2.45) is 0 Å². The zero-order chi connectivity index (χ0) is 15.5. The SMILES string of the molecule is Cc1c[nH]c(=O)n1-c1ccccc1NC(=O)NC1CCCC1. The van der Waals surface area contributed by atoms with Crippen molar-refractivity contribution in [1.29, 1.82) is 0 Å². The molecular weight excluding hydrogens is 280 g/mol. The first-order valence-corrected chi connectivity index (χ1v) is 7.59. The number of hydrogen-bond acceptors (Lipinski definition) is 2. The van der Waals surface area contributed by atoms with Crippen LogP contribution in [0.4, 0.5) is 10.5 Å². The summed E-state index contributed by atoms with van der Waals surface area (Å²) >= 11 is 0. The van der Waals surface area contributed by atoms with Crippen molar-refractivity contribution >= 4 is 11.7 Å². The van der Waals surface area contributed by atoms with Gasteiger partial charge in [-0.05, 0) is 31.9 Å². The zero-order valence-corrected chi connectivity index (χ0v) is 12.6. The molecular formula is C16H20N4O2. The second kappa shape index (κ2) is 6.09. The van der Waals surface area contributed by atoms with E-state index in [1.165, 1.54) is 12.8 Å². The number of anilines is 1. The van der Waals surface area contributed by atoms with Crippen LogP contribution in [-0.2, 0) is 0 Å². The molecule has 2 aromatic rings. The van der Waals surface area contributed by atoms with Gasteiger partial charge in [0.15, 0.2) is 0 Å². The van der Waals surface area contributed by atoms with Crippen LogP contribution in [-0.4, -0.2) is 21.6 Å². The largest absolute Gasteiger partial charge is 0.335 e. The number of carbonyl (C=O) groups is 1. The maximum atomic E-state index is 12.1. The molecule has 1 aliphatic rings. The topological polar surface area (TPSA) is 78.9 Å². The number of nitrogens with one attached hydrogen (secondary N) is 3. The number of benzene rings is 1. The molecule has 1 heterocycles. The molecule has 1 aliphatic carbocycles. The molecule has 0 bridgehead atoms. The van der Waals surface area contributed by atoms with E-state index >= 15 is 0 Å². The molecule has 3 N–H and O–H groups in total. The number of aromatic amines is 1. The Morgan fingerprint density at radius 3 is 2.68 bits per heavy atom.